The summed E-state index contributed by atoms with van der Waals surface area (Å²) in [5.74, 6) is 1.63. The smallest absolute Gasteiger partial charge is 0.220 e. The molecule has 2 N–H and O–H groups in total. The molecule has 0 aromatic heterocycles. The largest absolute Gasteiger partial charge is 0.356 e. The summed E-state index contributed by atoms with van der Waals surface area (Å²) in [5.41, 5.74) is 0. The van der Waals surface area contributed by atoms with Gasteiger partial charge in [0.2, 0.25) is 5.91 Å². The molecule has 0 bridgehead atoms. The third-order valence-corrected chi connectivity index (χ3v) is 4.98. The van der Waals surface area contributed by atoms with E-state index >= 15 is 0 Å². The first-order valence-corrected chi connectivity index (χ1v) is 8.47. The third kappa shape index (κ3) is 5.35. The van der Waals surface area contributed by atoms with Crippen molar-refractivity contribution in [3.8, 4) is 0 Å². The van der Waals surface area contributed by atoms with E-state index in [2.05, 4.69) is 10.6 Å². The van der Waals surface area contributed by atoms with Crippen molar-refractivity contribution in [3.05, 3.63) is 29.3 Å². The Morgan fingerprint density at radius 3 is 3.05 bits per heavy atom. The zero-order valence-corrected chi connectivity index (χ0v) is 13.1. The van der Waals surface area contributed by atoms with Crippen molar-refractivity contribution in [1.29, 1.82) is 0 Å². The molecule has 1 fully saturated rings. The van der Waals surface area contributed by atoms with Gasteiger partial charge in [-0.3, -0.25) is 4.79 Å². The van der Waals surface area contributed by atoms with Gasteiger partial charge in [-0.2, -0.15) is 0 Å². The molecule has 0 saturated carbocycles. The molecular weight excluding hydrogens is 292 g/mol. The normalized spacial score (nSPS) is 18.1. The summed E-state index contributed by atoms with van der Waals surface area (Å²) in [5, 5.41) is 7.09. The standard InChI is InChI=1S/C15H21ClN2OS/c16-13-3-1-2-4-14(13)20-10-7-15(19)18-9-6-12-5-8-17-11-12/h1-4,12,17H,5-11H2,(H,18,19). The van der Waals surface area contributed by atoms with E-state index in [1.165, 1.54) is 6.42 Å². The molecule has 3 nitrogen and oxygen atoms in total. The lowest BCUT2D eigenvalue weighted by molar-refractivity contribution is -0.120. The molecule has 1 heterocycles. The van der Waals surface area contributed by atoms with Gasteiger partial charge in [0, 0.05) is 23.6 Å². The first-order chi connectivity index (χ1) is 9.75. The second-order valence-corrected chi connectivity index (χ2v) is 6.57. The van der Waals surface area contributed by atoms with Crippen LogP contribution in [0.1, 0.15) is 19.3 Å². The van der Waals surface area contributed by atoms with Gasteiger partial charge in [0.25, 0.3) is 0 Å². The van der Waals surface area contributed by atoms with Crippen LogP contribution in [0, 0.1) is 5.92 Å². The van der Waals surface area contributed by atoms with Gasteiger partial charge < -0.3 is 10.6 Å². The van der Waals surface area contributed by atoms with Gasteiger partial charge in [-0.1, -0.05) is 23.7 Å². The van der Waals surface area contributed by atoms with Crippen LogP contribution in [-0.2, 0) is 4.79 Å². The molecule has 0 radical (unpaired) electrons. The number of benzene rings is 1. The summed E-state index contributed by atoms with van der Waals surface area (Å²) in [7, 11) is 0. The minimum atomic E-state index is 0.135. The Hall–Kier alpha value is -0.710. The van der Waals surface area contributed by atoms with E-state index in [9.17, 15) is 4.79 Å². The maximum Gasteiger partial charge on any atom is 0.220 e. The molecule has 1 aromatic rings. The van der Waals surface area contributed by atoms with Crippen molar-refractivity contribution in [1.82, 2.24) is 10.6 Å². The lowest BCUT2D eigenvalue weighted by Crippen LogP contribution is -2.26. The van der Waals surface area contributed by atoms with Crippen LogP contribution < -0.4 is 10.6 Å². The molecule has 2 rings (SSSR count). The van der Waals surface area contributed by atoms with Gasteiger partial charge in [0.1, 0.15) is 0 Å². The molecule has 5 heteroatoms. The molecule has 1 unspecified atom stereocenters. The molecule has 1 atom stereocenters. The Morgan fingerprint density at radius 1 is 1.45 bits per heavy atom. The summed E-state index contributed by atoms with van der Waals surface area (Å²) in [6.07, 6.45) is 2.85. The highest BCUT2D eigenvalue weighted by molar-refractivity contribution is 7.99. The first-order valence-electron chi connectivity index (χ1n) is 7.10. The fourth-order valence-electron chi connectivity index (χ4n) is 2.28. The van der Waals surface area contributed by atoms with Gasteiger partial charge in [0.15, 0.2) is 0 Å². The summed E-state index contributed by atoms with van der Waals surface area (Å²) < 4.78 is 0. The maximum absolute atomic E-state index is 11.7. The van der Waals surface area contributed by atoms with Gasteiger partial charge in [-0.15, -0.1) is 11.8 Å². The van der Waals surface area contributed by atoms with E-state index < -0.39 is 0 Å². The van der Waals surface area contributed by atoms with Gasteiger partial charge >= 0.3 is 0 Å². The van der Waals surface area contributed by atoms with Crippen LogP contribution in [0.15, 0.2) is 29.2 Å². The fraction of sp³-hybridized carbons (Fsp3) is 0.533. The second-order valence-electron chi connectivity index (χ2n) is 5.03. The van der Waals surface area contributed by atoms with Crippen molar-refractivity contribution < 1.29 is 4.79 Å². The van der Waals surface area contributed by atoms with Crippen molar-refractivity contribution in [3.63, 3.8) is 0 Å². The van der Waals surface area contributed by atoms with Crippen molar-refractivity contribution in [2.45, 2.75) is 24.2 Å². The van der Waals surface area contributed by atoms with Gasteiger partial charge in [-0.25, -0.2) is 0 Å². The lowest BCUT2D eigenvalue weighted by Gasteiger charge is -2.09. The molecule has 1 amide bonds. The van der Waals surface area contributed by atoms with E-state index in [0.29, 0.717) is 6.42 Å². The second kappa shape index (κ2) is 8.55. The number of hydrogen-bond acceptors (Lipinski definition) is 3. The number of nitrogens with one attached hydrogen (secondary N) is 2. The molecular formula is C15H21ClN2OS. The third-order valence-electron chi connectivity index (χ3n) is 3.46. The van der Waals surface area contributed by atoms with Crippen molar-refractivity contribution in [2.75, 3.05) is 25.4 Å². The minimum absolute atomic E-state index is 0.135. The van der Waals surface area contributed by atoms with Gasteiger partial charge in [0.05, 0.1) is 5.02 Å². The topological polar surface area (TPSA) is 41.1 Å². The Balaban J connectivity index is 1.57. The number of thioether (sulfide) groups is 1. The highest BCUT2D eigenvalue weighted by Crippen LogP contribution is 2.26. The Bertz CT molecular complexity index is 436. The quantitative estimate of drug-likeness (QED) is 0.761. The lowest BCUT2D eigenvalue weighted by atomic mass is 10.1. The summed E-state index contributed by atoms with van der Waals surface area (Å²) in [4.78, 5) is 12.8. The average molecular weight is 313 g/mol. The summed E-state index contributed by atoms with van der Waals surface area (Å²) in [6.45, 7) is 3.01. The first kappa shape index (κ1) is 15.7. The number of rotatable bonds is 7. The number of halogens is 1. The predicted octanol–water partition coefficient (Wildman–Crippen LogP) is 2.94. The van der Waals surface area contributed by atoms with Crippen LogP contribution in [0.5, 0.6) is 0 Å². The van der Waals surface area contributed by atoms with Crippen LogP contribution in [0.3, 0.4) is 0 Å². The fourth-order valence-corrected chi connectivity index (χ4v) is 3.47. The van der Waals surface area contributed by atoms with E-state index in [4.69, 9.17) is 11.6 Å². The number of carbonyl (C=O) groups excluding carboxylic acids is 1. The SMILES string of the molecule is O=C(CCSc1ccccc1Cl)NCCC1CCNC1. The van der Waals surface area contributed by atoms with E-state index in [0.717, 1.165) is 47.6 Å². The Labute approximate surface area is 129 Å². The predicted molar refractivity (Wildman–Crippen MR) is 85.4 cm³/mol. The highest BCUT2D eigenvalue weighted by atomic mass is 35.5. The zero-order chi connectivity index (χ0) is 14.2. The van der Waals surface area contributed by atoms with E-state index in [-0.39, 0.29) is 5.91 Å². The van der Waals surface area contributed by atoms with Crippen LogP contribution >= 0.6 is 23.4 Å². The van der Waals surface area contributed by atoms with Crippen LogP contribution in [0.2, 0.25) is 5.02 Å². The zero-order valence-electron chi connectivity index (χ0n) is 11.5. The van der Waals surface area contributed by atoms with Crippen LogP contribution in [0.4, 0.5) is 0 Å². The van der Waals surface area contributed by atoms with Gasteiger partial charge in [-0.05, 0) is 44.0 Å². The average Bonchev–Trinajstić information content (AvgIpc) is 2.94. The monoisotopic (exact) mass is 312 g/mol. The molecule has 1 aliphatic rings. The highest BCUT2D eigenvalue weighted by Gasteiger charge is 2.14. The molecule has 0 aliphatic carbocycles. The van der Waals surface area contributed by atoms with Crippen LogP contribution in [-0.4, -0.2) is 31.3 Å². The number of amides is 1. The van der Waals surface area contributed by atoms with Crippen LogP contribution in [0.25, 0.3) is 0 Å². The number of carbonyl (C=O) groups is 1. The van der Waals surface area contributed by atoms with E-state index in [1.807, 2.05) is 24.3 Å². The molecule has 20 heavy (non-hydrogen) atoms. The Kier molecular flexibility index (Phi) is 6.70. The maximum atomic E-state index is 11.7. The molecule has 0 spiro atoms. The van der Waals surface area contributed by atoms with E-state index in [1.54, 1.807) is 11.8 Å². The minimum Gasteiger partial charge on any atom is -0.356 e. The number of hydrogen-bond donors (Lipinski definition) is 2. The summed E-state index contributed by atoms with van der Waals surface area (Å²) in [6, 6.07) is 7.73. The summed E-state index contributed by atoms with van der Waals surface area (Å²) >= 11 is 7.70. The van der Waals surface area contributed by atoms with Crippen molar-refractivity contribution >= 4 is 29.3 Å². The molecule has 1 saturated heterocycles. The Morgan fingerprint density at radius 2 is 2.30 bits per heavy atom. The molecule has 1 aliphatic heterocycles. The molecule has 1 aromatic carbocycles. The van der Waals surface area contributed by atoms with Crippen molar-refractivity contribution in [2.24, 2.45) is 5.92 Å². The molecule has 110 valence electrons.